The van der Waals surface area contributed by atoms with Gasteiger partial charge in [-0.15, -0.1) is 0 Å². The summed E-state index contributed by atoms with van der Waals surface area (Å²) in [7, 11) is 0.692. The van der Waals surface area contributed by atoms with Crippen molar-refractivity contribution < 1.29 is 42.1 Å². The summed E-state index contributed by atoms with van der Waals surface area (Å²) in [5.41, 5.74) is -5.66. The molecule has 29 heavy (non-hydrogen) atoms. The van der Waals surface area contributed by atoms with Crippen LogP contribution in [-0.4, -0.2) is 37.4 Å². The van der Waals surface area contributed by atoms with Gasteiger partial charge in [-0.2, -0.15) is 13.2 Å². The normalized spacial score (nSPS) is 11.6. The van der Waals surface area contributed by atoms with Crippen LogP contribution in [0.5, 0.6) is 5.75 Å². The number of rotatable bonds is 5. The zero-order valence-corrected chi connectivity index (χ0v) is 14.8. The number of nitrogens with zero attached hydrogens (tertiary/aromatic N) is 2. The number of carboxylic acids is 2. The average Bonchev–Trinajstić information content (AvgIpc) is 2.57. The third-order valence-corrected chi connectivity index (χ3v) is 3.84. The predicted octanol–water partition coefficient (Wildman–Crippen LogP) is 1.26. The highest BCUT2D eigenvalue weighted by Crippen LogP contribution is 2.30. The lowest BCUT2D eigenvalue weighted by molar-refractivity contribution is -0.159. The number of hydrogen-bond donors (Lipinski definition) is 2. The van der Waals surface area contributed by atoms with Gasteiger partial charge in [-0.25, -0.2) is 23.3 Å². The molecule has 2 aromatic rings. The maximum atomic E-state index is 14.3. The fraction of sp³-hybridized carbons (Fsp3) is 0.200. The molecule has 14 heteroatoms. The molecule has 0 unspecified atom stereocenters. The number of carboxylic acid groups (broad SMARTS) is 2. The number of hydrogen-bond acceptors (Lipinski definition) is 5. The Kier molecular flexibility index (Phi) is 5.74. The first-order valence-corrected chi connectivity index (χ1v) is 7.65. The molecule has 0 radical (unpaired) electrons. The summed E-state index contributed by atoms with van der Waals surface area (Å²) in [4.78, 5) is 46.2. The Bertz CT molecular complexity index is 1110. The first-order valence-electron chi connectivity index (χ1n) is 7.27. The first-order chi connectivity index (χ1) is 13.3. The van der Waals surface area contributed by atoms with Crippen LogP contribution in [0.4, 0.5) is 17.6 Å². The van der Waals surface area contributed by atoms with Crippen LogP contribution in [0, 0.1) is 5.82 Å². The molecule has 0 aliphatic rings. The van der Waals surface area contributed by atoms with Crippen LogP contribution in [0.3, 0.4) is 0 Å². The molecule has 0 amide bonds. The highest BCUT2D eigenvalue weighted by molar-refractivity contribution is 6.32. The quantitative estimate of drug-likeness (QED) is 0.529. The molecule has 0 spiro atoms. The van der Waals surface area contributed by atoms with E-state index in [1.807, 2.05) is 0 Å². The SMILES string of the molecule is Cn1c(C(F)(F)F)cc(=O)n(-c2cc(OC(C(=O)O)C(=O)O)c(Cl)cc2F)c1=O. The number of benzene rings is 1. The van der Waals surface area contributed by atoms with E-state index in [2.05, 4.69) is 4.74 Å². The Morgan fingerprint density at radius 2 is 1.69 bits per heavy atom. The van der Waals surface area contributed by atoms with E-state index in [0.29, 0.717) is 19.2 Å². The zero-order chi connectivity index (χ0) is 22.3. The molecule has 2 N–H and O–H groups in total. The molecule has 156 valence electrons. The van der Waals surface area contributed by atoms with Gasteiger partial charge in [0, 0.05) is 19.2 Å². The van der Waals surface area contributed by atoms with Gasteiger partial charge in [0.2, 0.25) is 0 Å². The Hall–Kier alpha value is -3.35. The molecule has 0 aliphatic carbocycles. The van der Waals surface area contributed by atoms with Gasteiger partial charge in [0.25, 0.3) is 11.7 Å². The highest BCUT2D eigenvalue weighted by atomic mass is 35.5. The van der Waals surface area contributed by atoms with Crippen molar-refractivity contribution in [1.82, 2.24) is 9.13 Å². The van der Waals surface area contributed by atoms with Crippen molar-refractivity contribution in [3.63, 3.8) is 0 Å². The van der Waals surface area contributed by atoms with Crippen molar-refractivity contribution in [2.24, 2.45) is 7.05 Å². The second-order valence-electron chi connectivity index (χ2n) is 5.45. The number of carbonyl (C=O) groups is 2. The van der Waals surface area contributed by atoms with E-state index in [4.69, 9.17) is 21.8 Å². The van der Waals surface area contributed by atoms with Crippen molar-refractivity contribution >= 4 is 23.5 Å². The minimum Gasteiger partial charge on any atom is -0.478 e. The second-order valence-corrected chi connectivity index (χ2v) is 5.86. The summed E-state index contributed by atoms with van der Waals surface area (Å²) in [5, 5.41) is 17.0. The van der Waals surface area contributed by atoms with Crippen molar-refractivity contribution in [2.75, 3.05) is 0 Å². The van der Waals surface area contributed by atoms with Crippen LogP contribution in [-0.2, 0) is 22.8 Å². The van der Waals surface area contributed by atoms with E-state index in [9.17, 15) is 36.7 Å². The van der Waals surface area contributed by atoms with Crippen molar-refractivity contribution in [2.45, 2.75) is 12.3 Å². The predicted molar refractivity (Wildman–Crippen MR) is 86.9 cm³/mol. The lowest BCUT2D eigenvalue weighted by Gasteiger charge is -2.16. The van der Waals surface area contributed by atoms with Gasteiger partial charge in [0.15, 0.2) is 0 Å². The van der Waals surface area contributed by atoms with Gasteiger partial charge < -0.3 is 14.9 Å². The average molecular weight is 441 g/mol. The number of halogens is 5. The first kappa shape index (κ1) is 21.9. The smallest absolute Gasteiger partial charge is 0.431 e. The molecule has 0 aliphatic heterocycles. The molecule has 1 heterocycles. The number of aromatic nitrogens is 2. The van der Waals surface area contributed by atoms with Crippen molar-refractivity contribution in [3.8, 4) is 11.4 Å². The van der Waals surface area contributed by atoms with Crippen molar-refractivity contribution in [3.05, 3.63) is 55.6 Å². The minimum absolute atomic E-state index is 0.0182. The highest BCUT2D eigenvalue weighted by Gasteiger charge is 2.35. The summed E-state index contributed by atoms with van der Waals surface area (Å²) in [6.45, 7) is 0. The molecule has 9 nitrogen and oxygen atoms in total. The molecule has 1 aromatic heterocycles. The van der Waals surface area contributed by atoms with Gasteiger partial charge in [0.05, 0.1) is 10.7 Å². The molecule has 1 aromatic carbocycles. The van der Waals surface area contributed by atoms with E-state index >= 15 is 0 Å². The molecular weight excluding hydrogens is 432 g/mol. The standard InChI is InChI=1S/C15H9ClF4N2O7/c1-21-9(15(18,19)20)4-10(23)22(14(21)28)7-3-8(5(16)2-6(7)17)29-11(12(24)25)13(26)27/h2-4,11H,1H3,(H,24,25)(H,26,27). The van der Waals surface area contributed by atoms with Crippen LogP contribution in [0.2, 0.25) is 5.02 Å². The lowest BCUT2D eigenvalue weighted by atomic mass is 10.2. The van der Waals surface area contributed by atoms with Crippen molar-refractivity contribution in [1.29, 1.82) is 0 Å². The van der Waals surface area contributed by atoms with E-state index in [0.717, 1.165) is 0 Å². The topological polar surface area (TPSA) is 128 Å². The Morgan fingerprint density at radius 1 is 1.14 bits per heavy atom. The second kappa shape index (κ2) is 7.58. The lowest BCUT2D eigenvalue weighted by Crippen LogP contribution is -2.41. The number of ether oxygens (including phenoxy) is 1. The maximum Gasteiger partial charge on any atom is 0.431 e. The Balaban J connectivity index is 2.73. The fourth-order valence-corrected chi connectivity index (χ4v) is 2.43. The molecule has 0 saturated heterocycles. The summed E-state index contributed by atoms with van der Waals surface area (Å²) in [5.74, 6) is -5.97. The van der Waals surface area contributed by atoms with Gasteiger partial charge in [-0.1, -0.05) is 11.6 Å². The van der Waals surface area contributed by atoms with E-state index in [1.54, 1.807) is 0 Å². The van der Waals surface area contributed by atoms with Crippen LogP contribution < -0.4 is 16.0 Å². The van der Waals surface area contributed by atoms with Crippen LogP contribution >= 0.6 is 11.6 Å². The third-order valence-electron chi connectivity index (χ3n) is 3.55. The molecule has 2 rings (SSSR count). The van der Waals surface area contributed by atoms with Gasteiger partial charge in [-0.05, 0) is 6.07 Å². The van der Waals surface area contributed by atoms with Crippen LogP contribution in [0.1, 0.15) is 5.69 Å². The molecule has 0 bridgehead atoms. The summed E-state index contributed by atoms with van der Waals surface area (Å²) in [6, 6.07) is 1.04. The summed E-state index contributed by atoms with van der Waals surface area (Å²) in [6.07, 6.45) is -7.52. The van der Waals surface area contributed by atoms with Gasteiger partial charge >= 0.3 is 23.8 Å². The van der Waals surface area contributed by atoms with E-state index in [1.165, 1.54) is 0 Å². The van der Waals surface area contributed by atoms with E-state index in [-0.39, 0.29) is 15.2 Å². The monoisotopic (exact) mass is 440 g/mol. The molecule has 0 fully saturated rings. The summed E-state index contributed by atoms with van der Waals surface area (Å²) < 4.78 is 57.7. The third kappa shape index (κ3) is 4.23. The largest absolute Gasteiger partial charge is 0.478 e. The van der Waals surface area contributed by atoms with Crippen LogP contribution in [0.25, 0.3) is 5.69 Å². The number of aliphatic carboxylic acids is 2. The Labute approximate surface area is 161 Å². The van der Waals surface area contributed by atoms with E-state index < -0.39 is 63.4 Å². The molecular formula is C15H9ClF4N2O7. The fourth-order valence-electron chi connectivity index (χ4n) is 2.23. The molecule has 0 saturated carbocycles. The van der Waals surface area contributed by atoms with Gasteiger partial charge in [-0.3, -0.25) is 9.36 Å². The number of alkyl halides is 3. The zero-order valence-electron chi connectivity index (χ0n) is 14.0. The minimum atomic E-state index is -5.05. The maximum absolute atomic E-state index is 14.3. The van der Waals surface area contributed by atoms with Crippen LogP contribution in [0.15, 0.2) is 27.8 Å². The Morgan fingerprint density at radius 3 is 2.17 bits per heavy atom. The summed E-state index contributed by atoms with van der Waals surface area (Å²) >= 11 is 5.67. The molecule has 0 atom stereocenters. The van der Waals surface area contributed by atoms with Gasteiger partial charge in [0.1, 0.15) is 17.3 Å².